The Morgan fingerprint density at radius 1 is 1.33 bits per heavy atom. The van der Waals surface area contributed by atoms with E-state index in [1.807, 2.05) is 0 Å². The van der Waals surface area contributed by atoms with E-state index in [2.05, 4.69) is 10.1 Å². The Morgan fingerprint density at radius 3 is 2.95 bits per heavy atom. The van der Waals surface area contributed by atoms with Gasteiger partial charge in [0.15, 0.2) is 11.3 Å². The molecule has 0 unspecified atom stereocenters. The highest BCUT2D eigenvalue weighted by molar-refractivity contribution is 5.88. The Balaban J connectivity index is 2.14. The Labute approximate surface area is 120 Å². The first-order chi connectivity index (χ1) is 10.2. The first-order valence-corrected chi connectivity index (χ1v) is 6.47. The van der Waals surface area contributed by atoms with Crippen LogP contribution in [0, 0.1) is 5.82 Å². The highest BCUT2D eigenvalue weighted by atomic mass is 19.1. The van der Waals surface area contributed by atoms with Crippen molar-refractivity contribution in [2.75, 3.05) is 6.61 Å². The third-order valence-corrected chi connectivity index (χ3v) is 2.96. The van der Waals surface area contributed by atoms with Crippen LogP contribution in [0.3, 0.4) is 0 Å². The van der Waals surface area contributed by atoms with E-state index in [0.717, 1.165) is 0 Å². The minimum Gasteiger partial charge on any atom is -0.461 e. The van der Waals surface area contributed by atoms with Crippen LogP contribution in [-0.2, 0) is 4.74 Å². The number of nitrogens with zero attached hydrogens (tertiary/aromatic N) is 3. The van der Waals surface area contributed by atoms with Crippen molar-refractivity contribution in [2.45, 2.75) is 6.92 Å². The van der Waals surface area contributed by atoms with E-state index in [4.69, 9.17) is 4.74 Å². The normalized spacial score (nSPS) is 10.8. The first kappa shape index (κ1) is 13.2. The maximum atomic E-state index is 13.4. The largest absolute Gasteiger partial charge is 0.461 e. The second kappa shape index (κ2) is 5.32. The van der Waals surface area contributed by atoms with Gasteiger partial charge in [0.05, 0.1) is 12.3 Å². The van der Waals surface area contributed by atoms with E-state index in [9.17, 15) is 9.18 Å². The molecular formula is C15H12FN3O2. The van der Waals surface area contributed by atoms with Crippen LogP contribution in [0.4, 0.5) is 4.39 Å². The van der Waals surface area contributed by atoms with Crippen molar-refractivity contribution in [3.63, 3.8) is 0 Å². The van der Waals surface area contributed by atoms with Gasteiger partial charge in [-0.2, -0.15) is 5.10 Å². The van der Waals surface area contributed by atoms with Gasteiger partial charge in [-0.1, -0.05) is 12.1 Å². The van der Waals surface area contributed by atoms with E-state index in [0.29, 0.717) is 16.9 Å². The summed E-state index contributed by atoms with van der Waals surface area (Å²) in [6.45, 7) is 2.00. The third-order valence-electron chi connectivity index (χ3n) is 2.96. The van der Waals surface area contributed by atoms with Crippen LogP contribution >= 0.6 is 0 Å². The molecule has 0 spiro atoms. The number of rotatable bonds is 3. The van der Waals surface area contributed by atoms with Crippen molar-refractivity contribution in [3.05, 3.63) is 54.1 Å². The first-order valence-electron chi connectivity index (χ1n) is 6.47. The number of benzene rings is 1. The van der Waals surface area contributed by atoms with Gasteiger partial charge in [-0.3, -0.25) is 0 Å². The predicted octanol–water partition coefficient (Wildman–Crippen LogP) is 2.71. The molecule has 106 valence electrons. The summed E-state index contributed by atoms with van der Waals surface area (Å²) < 4.78 is 19.8. The molecule has 0 atom stereocenters. The molecule has 0 fully saturated rings. The lowest BCUT2D eigenvalue weighted by Gasteiger charge is -2.04. The van der Waals surface area contributed by atoms with Crippen LogP contribution in [0.25, 0.3) is 16.9 Å². The van der Waals surface area contributed by atoms with Gasteiger partial charge in [0.1, 0.15) is 5.82 Å². The Bertz CT molecular complexity index is 814. The average molecular weight is 285 g/mol. The van der Waals surface area contributed by atoms with Gasteiger partial charge >= 0.3 is 5.97 Å². The minimum absolute atomic E-state index is 0.174. The number of esters is 1. The summed E-state index contributed by atoms with van der Waals surface area (Å²) in [5.41, 5.74) is 1.98. The van der Waals surface area contributed by atoms with E-state index in [-0.39, 0.29) is 18.1 Å². The van der Waals surface area contributed by atoms with Crippen LogP contribution in [0.15, 0.2) is 42.6 Å². The maximum Gasteiger partial charge on any atom is 0.358 e. The van der Waals surface area contributed by atoms with E-state index >= 15 is 0 Å². The fourth-order valence-corrected chi connectivity index (χ4v) is 2.07. The lowest BCUT2D eigenvalue weighted by molar-refractivity contribution is 0.0519. The third kappa shape index (κ3) is 2.47. The summed E-state index contributed by atoms with van der Waals surface area (Å²) in [6.07, 6.45) is 1.59. The summed E-state index contributed by atoms with van der Waals surface area (Å²) in [5, 5.41) is 4.19. The average Bonchev–Trinajstić information content (AvgIpc) is 2.91. The second-order valence-electron chi connectivity index (χ2n) is 4.36. The molecule has 3 aromatic rings. The van der Waals surface area contributed by atoms with Crippen LogP contribution < -0.4 is 0 Å². The Morgan fingerprint density at radius 2 is 2.19 bits per heavy atom. The van der Waals surface area contributed by atoms with Gasteiger partial charge in [0.2, 0.25) is 0 Å². The van der Waals surface area contributed by atoms with E-state index in [1.54, 1.807) is 37.4 Å². The van der Waals surface area contributed by atoms with E-state index < -0.39 is 5.97 Å². The van der Waals surface area contributed by atoms with Crippen LogP contribution in [0.2, 0.25) is 0 Å². The summed E-state index contributed by atoms with van der Waals surface area (Å²) in [5.74, 6) is -0.844. The summed E-state index contributed by atoms with van der Waals surface area (Å²) in [4.78, 5) is 15.9. The zero-order valence-electron chi connectivity index (χ0n) is 11.3. The number of halogens is 1. The smallest absolute Gasteiger partial charge is 0.358 e. The molecule has 0 radical (unpaired) electrons. The Hall–Kier alpha value is -2.76. The topological polar surface area (TPSA) is 56.5 Å². The van der Waals surface area contributed by atoms with Crippen molar-refractivity contribution >= 4 is 11.6 Å². The number of hydrogen-bond donors (Lipinski definition) is 0. The highest BCUT2D eigenvalue weighted by Crippen LogP contribution is 2.21. The molecule has 0 saturated carbocycles. The molecule has 21 heavy (non-hydrogen) atoms. The highest BCUT2D eigenvalue weighted by Gasteiger charge is 2.14. The van der Waals surface area contributed by atoms with Crippen LogP contribution in [0.1, 0.15) is 17.4 Å². The molecule has 3 rings (SSSR count). The van der Waals surface area contributed by atoms with Crippen molar-refractivity contribution in [1.29, 1.82) is 0 Å². The molecule has 1 aromatic carbocycles. The number of ether oxygens (including phenoxy) is 1. The quantitative estimate of drug-likeness (QED) is 0.694. The van der Waals surface area contributed by atoms with Crippen LogP contribution in [0.5, 0.6) is 0 Å². The SMILES string of the molecule is CCOC(=O)c1cc2nccc(-c3cccc(F)c3)n2n1. The standard InChI is InChI=1S/C15H12FN3O2/c1-2-21-15(20)12-9-14-17-7-6-13(19(14)18-12)10-4-3-5-11(16)8-10/h3-9H,2H2,1H3. The van der Waals surface area contributed by atoms with Gasteiger partial charge in [0.25, 0.3) is 0 Å². The zero-order valence-corrected chi connectivity index (χ0v) is 11.3. The van der Waals surface area contributed by atoms with Gasteiger partial charge < -0.3 is 4.74 Å². The number of carbonyl (C=O) groups is 1. The summed E-state index contributed by atoms with van der Waals surface area (Å²) in [7, 11) is 0. The molecule has 0 bridgehead atoms. The molecule has 0 saturated heterocycles. The van der Waals surface area contributed by atoms with Gasteiger partial charge in [-0.15, -0.1) is 0 Å². The molecule has 2 aromatic heterocycles. The number of carbonyl (C=O) groups excluding carboxylic acids is 1. The molecule has 0 amide bonds. The van der Waals surface area contributed by atoms with Crippen LogP contribution in [-0.4, -0.2) is 27.2 Å². The molecule has 0 aliphatic carbocycles. The van der Waals surface area contributed by atoms with Crippen molar-refractivity contribution in [1.82, 2.24) is 14.6 Å². The molecule has 2 heterocycles. The predicted molar refractivity (Wildman–Crippen MR) is 74.3 cm³/mol. The monoisotopic (exact) mass is 285 g/mol. The molecule has 6 heteroatoms. The Kier molecular flexibility index (Phi) is 3.35. The molecule has 5 nitrogen and oxygen atoms in total. The summed E-state index contributed by atoms with van der Waals surface area (Å²) in [6, 6.07) is 9.41. The van der Waals surface area contributed by atoms with E-state index in [1.165, 1.54) is 16.6 Å². The second-order valence-corrected chi connectivity index (χ2v) is 4.36. The van der Waals surface area contributed by atoms with Crippen molar-refractivity contribution in [3.8, 4) is 11.3 Å². The van der Waals surface area contributed by atoms with Gasteiger partial charge in [0, 0.05) is 17.8 Å². The molecular weight excluding hydrogens is 273 g/mol. The minimum atomic E-state index is -0.506. The maximum absolute atomic E-state index is 13.4. The zero-order chi connectivity index (χ0) is 14.8. The number of aromatic nitrogens is 3. The summed E-state index contributed by atoms with van der Waals surface area (Å²) >= 11 is 0. The lowest BCUT2D eigenvalue weighted by atomic mass is 10.1. The fourth-order valence-electron chi connectivity index (χ4n) is 2.07. The fraction of sp³-hybridized carbons (Fsp3) is 0.133. The molecule has 0 aliphatic rings. The van der Waals surface area contributed by atoms with Gasteiger partial charge in [-0.05, 0) is 25.1 Å². The number of fused-ring (bicyclic) bond motifs is 1. The number of hydrogen-bond acceptors (Lipinski definition) is 4. The molecule has 0 N–H and O–H groups in total. The van der Waals surface area contributed by atoms with Crippen molar-refractivity contribution in [2.24, 2.45) is 0 Å². The molecule has 0 aliphatic heterocycles. The van der Waals surface area contributed by atoms with Crippen molar-refractivity contribution < 1.29 is 13.9 Å². The van der Waals surface area contributed by atoms with Gasteiger partial charge in [-0.25, -0.2) is 18.7 Å². The lowest BCUT2D eigenvalue weighted by Crippen LogP contribution is -2.05.